The van der Waals surface area contributed by atoms with Crippen LogP contribution in [0.2, 0.25) is 0 Å². The van der Waals surface area contributed by atoms with E-state index in [9.17, 15) is 13.6 Å². The summed E-state index contributed by atoms with van der Waals surface area (Å²) in [7, 11) is 1.20. The molecular formula is C11H10F2N2O2. The van der Waals surface area contributed by atoms with E-state index in [2.05, 4.69) is 9.72 Å². The normalized spacial score (nSPS) is 10.1. The van der Waals surface area contributed by atoms with Crippen LogP contribution in [0.4, 0.5) is 8.78 Å². The average molecular weight is 240 g/mol. The van der Waals surface area contributed by atoms with Crippen molar-refractivity contribution in [2.75, 3.05) is 7.11 Å². The molecule has 6 heteroatoms. The van der Waals surface area contributed by atoms with Gasteiger partial charge in [0.25, 0.3) is 6.43 Å². The van der Waals surface area contributed by atoms with Gasteiger partial charge in [-0.3, -0.25) is 9.78 Å². The second-order valence-corrected chi connectivity index (χ2v) is 3.33. The van der Waals surface area contributed by atoms with Crippen LogP contribution in [0.5, 0.6) is 0 Å². The highest BCUT2D eigenvalue weighted by molar-refractivity contribution is 5.73. The Morgan fingerprint density at radius 1 is 1.65 bits per heavy atom. The number of carbonyl (C=O) groups excluding carboxylic acids is 1. The lowest BCUT2D eigenvalue weighted by atomic mass is 10.0. The first-order chi connectivity index (χ1) is 8.01. The number of esters is 1. The number of aromatic nitrogens is 1. The Morgan fingerprint density at radius 2 is 2.29 bits per heavy atom. The Balaban J connectivity index is 3.22. The first kappa shape index (κ1) is 13.0. The van der Waals surface area contributed by atoms with Crippen molar-refractivity contribution >= 4 is 5.97 Å². The number of nitriles is 1. The molecule has 0 spiro atoms. The fourth-order valence-electron chi connectivity index (χ4n) is 1.38. The van der Waals surface area contributed by atoms with E-state index in [0.717, 1.165) is 6.20 Å². The van der Waals surface area contributed by atoms with Crippen LogP contribution in [0.1, 0.15) is 28.8 Å². The molecular weight excluding hydrogens is 230 g/mol. The quantitative estimate of drug-likeness (QED) is 0.757. The van der Waals surface area contributed by atoms with Crippen LogP contribution in [0.15, 0.2) is 6.20 Å². The highest BCUT2D eigenvalue weighted by atomic mass is 19.3. The Bertz CT molecular complexity index is 481. The van der Waals surface area contributed by atoms with E-state index < -0.39 is 12.4 Å². The maximum absolute atomic E-state index is 12.6. The van der Waals surface area contributed by atoms with Crippen molar-refractivity contribution in [3.05, 3.63) is 28.6 Å². The van der Waals surface area contributed by atoms with Crippen LogP contribution in [0, 0.1) is 18.3 Å². The molecule has 17 heavy (non-hydrogen) atoms. The number of rotatable bonds is 3. The number of alkyl halides is 2. The number of hydrogen-bond donors (Lipinski definition) is 0. The predicted octanol–water partition coefficient (Wildman–Crippen LogP) is 1.91. The molecule has 1 rings (SSSR count). The van der Waals surface area contributed by atoms with E-state index >= 15 is 0 Å². The molecule has 0 fully saturated rings. The van der Waals surface area contributed by atoms with E-state index in [1.165, 1.54) is 14.0 Å². The fraction of sp³-hybridized carbons (Fsp3) is 0.364. The van der Waals surface area contributed by atoms with E-state index in [1.807, 2.05) is 0 Å². The van der Waals surface area contributed by atoms with Crippen LogP contribution < -0.4 is 0 Å². The molecule has 0 atom stereocenters. The van der Waals surface area contributed by atoms with Gasteiger partial charge in [-0.2, -0.15) is 5.26 Å². The third kappa shape index (κ3) is 2.75. The number of carbonyl (C=O) groups is 1. The monoisotopic (exact) mass is 240 g/mol. The lowest BCUT2D eigenvalue weighted by molar-refractivity contribution is -0.139. The van der Waals surface area contributed by atoms with Gasteiger partial charge in [-0.25, -0.2) is 8.78 Å². The molecule has 0 aliphatic rings. The van der Waals surface area contributed by atoms with Gasteiger partial charge in [0, 0.05) is 11.8 Å². The molecule has 0 aromatic carbocycles. The van der Waals surface area contributed by atoms with Crippen LogP contribution >= 0.6 is 0 Å². The summed E-state index contributed by atoms with van der Waals surface area (Å²) in [5, 5.41) is 8.90. The number of hydrogen-bond acceptors (Lipinski definition) is 4. The van der Waals surface area contributed by atoms with Crippen LogP contribution in [0.3, 0.4) is 0 Å². The van der Waals surface area contributed by atoms with Gasteiger partial charge in [0.05, 0.1) is 24.8 Å². The molecule has 1 aromatic rings. The lowest BCUT2D eigenvalue weighted by Gasteiger charge is -2.09. The van der Waals surface area contributed by atoms with Gasteiger partial charge in [0.15, 0.2) is 0 Å². The molecule has 0 saturated carbocycles. The summed E-state index contributed by atoms with van der Waals surface area (Å²) in [6.07, 6.45) is -1.91. The summed E-state index contributed by atoms with van der Waals surface area (Å²) >= 11 is 0. The highest BCUT2D eigenvalue weighted by Crippen LogP contribution is 2.25. The van der Waals surface area contributed by atoms with Gasteiger partial charge in [-0.05, 0) is 12.5 Å². The maximum Gasteiger partial charge on any atom is 0.311 e. The fourth-order valence-corrected chi connectivity index (χ4v) is 1.38. The number of pyridine rings is 1. The van der Waals surface area contributed by atoms with Gasteiger partial charge < -0.3 is 4.74 Å². The summed E-state index contributed by atoms with van der Waals surface area (Å²) in [6, 6.07) is 1.78. The SMILES string of the molecule is COC(=O)Cc1ncc(C(F)F)c(C)c1C#N. The predicted molar refractivity (Wildman–Crippen MR) is 54.4 cm³/mol. The van der Waals surface area contributed by atoms with E-state index in [1.54, 1.807) is 6.07 Å². The van der Waals surface area contributed by atoms with Gasteiger partial charge >= 0.3 is 5.97 Å². The molecule has 0 aliphatic heterocycles. The largest absolute Gasteiger partial charge is 0.469 e. The Hall–Kier alpha value is -2.03. The summed E-state index contributed by atoms with van der Waals surface area (Å²) in [5.74, 6) is -0.571. The molecule has 1 heterocycles. The zero-order valence-corrected chi connectivity index (χ0v) is 9.33. The first-order valence-electron chi connectivity index (χ1n) is 4.74. The van der Waals surface area contributed by atoms with Crippen molar-refractivity contribution in [1.82, 2.24) is 4.98 Å². The van der Waals surface area contributed by atoms with E-state index in [4.69, 9.17) is 5.26 Å². The zero-order valence-electron chi connectivity index (χ0n) is 9.33. The standard InChI is InChI=1S/C11H10F2N2O2/c1-6-7(4-14)9(3-10(16)17-2)15-5-8(6)11(12)13/h5,11H,3H2,1-2H3. The average Bonchev–Trinajstić information content (AvgIpc) is 2.28. The number of ether oxygens (including phenoxy) is 1. The molecule has 0 N–H and O–H groups in total. The zero-order chi connectivity index (χ0) is 13.0. The van der Waals surface area contributed by atoms with Crippen molar-refractivity contribution in [3.63, 3.8) is 0 Å². The van der Waals surface area contributed by atoms with Crippen LogP contribution in [-0.4, -0.2) is 18.1 Å². The van der Waals surface area contributed by atoms with Crippen LogP contribution in [0.25, 0.3) is 0 Å². The van der Waals surface area contributed by atoms with Crippen molar-refractivity contribution in [3.8, 4) is 6.07 Å². The molecule has 0 unspecified atom stereocenters. The molecule has 1 aromatic heterocycles. The molecule has 0 amide bonds. The number of methoxy groups -OCH3 is 1. The number of nitrogens with zero attached hydrogens (tertiary/aromatic N) is 2. The third-order valence-electron chi connectivity index (χ3n) is 2.34. The molecule has 90 valence electrons. The van der Waals surface area contributed by atoms with E-state index in [-0.39, 0.29) is 28.8 Å². The Labute approximate surface area is 96.8 Å². The topological polar surface area (TPSA) is 63.0 Å². The summed E-state index contributed by atoms with van der Waals surface area (Å²) in [5.41, 5.74) is 0.0148. The second-order valence-electron chi connectivity index (χ2n) is 3.33. The Morgan fingerprint density at radius 3 is 2.76 bits per heavy atom. The van der Waals surface area contributed by atoms with Crippen molar-refractivity contribution in [2.24, 2.45) is 0 Å². The Kier molecular flexibility index (Phi) is 4.10. The maximum atomic E-state index is 12.6. The van der Waals surface area contributed by atoms with Gasteiger partial charge in [0.2, 0.25) is 0 Å². The summed E-state index contributed by atoms with van der Waals surface area (Å²) in [4.78, 5) is 14.8. The first-order valence-corrected chi connectivity index (χ1v) is 4.74. The second kappa shape index (κ2) is 5.34. The van der Waals surface area contributed by atoms with Gasteiger partial charge in [0.1, 0.15) is 6.07 Å². The minimum absolute atomic E-state index is 0.00759. The molecule has 4 nitrogen and oxygen atoms in total. The van der Waals surface area contributed by atoms with Crippen molar-refractivity contribution in [2.45, 2.75) is 19.8 Å². The van der Waals surface area contributed by atoms with Gasteiger partial charge in [-0.15, -0.1) is 0 Å². The smallest absolute Gasteiger partial charge is 0.311 e. The molecule has 0 aliphatic carbocycles. The number of halogens is 2. The lowest BCUT2D eigenvalue weighted by Crippen LogP contribution is -2.10. The molecule has 0 saturated heterocycles. The molecule has 0 radical (unpaired) electrons. The summed E-state index contributed by atoms with van der Waals surface area (Å²) in [6.45, 7) is 1.41. The van der Waals surface area contributed by atoms with Crippen molar-refractivity contribution < 1.29 is 18.3 Å². The van der Waals surface area contributed by atoms with Crippen LogP contribution in [-0.2, 0) is 16.0 Å². The van der Waals surface area contributed by atoms with Gasteiger partial charge in [-0.1, -0.05) is 0 Å². The highest BCUT2D eigenvalue weighted by Gasteiger charge is 2.18. The summed E-state index contributed by atoms with van der Waals surface area (Å²) < 4.78 is 29.6. The minimum Gasteiger partial charge on any atom is -0.469 e. The minimum atomic E-state index is -2.69. The third-order valence-corrected chi connectivity index (χ3v) is 2.34. The van der Waals surface area contributed by atoms with E-state index in [0.29, 0.717) is 0 Å². The molecule has 0 bridgehead atoms. The van der Waals surface area contributed by atoms with Crippen molar-refractivity contribution in [1.29, 1.82) is 5.26 Å².